The van der Waals surface area contributed by atoms with Gasteiger partial charge in [0.25, 0.3) is 5.91 Å². The van der Waals surface area contributed by atoms with Crippen LogP contribution in [0.4, 0.5) is 0 Å². The fourth-order valence-electron chi connectivity index (χ4n) is 3.41. The number of hydrogen-bond acceptors (Lipinski definition) is 4. The van der Waals surface area contributed by atoms with Gasteiger partial charge in [-0.3, -0.25) is 9.59 Å². The fourth-order valence-corrected chi connectivity index (χ4v) is 4.31. The summed E-state index contributed by atoms with van der Waals surface area (Å²) in [5.74, 6) is -0.592. The van der Waals surface area contributed by atoms with Crippen LogP contribution < -0.4 is 5.73 Å². The van der Waals surface area contributed by atoms with Crippen LogP contribution in [0.2, 0.25) is 5.02 Å². The van der Waals surface area contributed by atoms with Gasteiger partial charge in [-0.05, 0) is 42.5 Å². The zero-order valence-electron chi connectivity index (χ0n) is 15.0. The van der Waals surface area contributed by atoms with Crippen molar-refractivity contribution in [3.63, 3.8) is 0 Å². The van der Waals surface area contributed by atoms with Crippen molar-refractivity contribution < 1.29 is 9.59 Å². The van der Waals surface area contributed by atoms with E-state index in [4.69, 9.17) is 17.3 Å². The second-order valence-corrected chi connectivity index (χ2v) is 8.08. The van der Waals surface area contributed by atoms with Gasteiger partial charge in [0.05, 0.1) is 15.6 Å². The van der Waals surface area contributed by atoms with E-state index in [0.717, 1.165) is 10.6 Å². The van der Waals surface area contributed by atoms with Gasteiger partial charge in [0.2, 0.25) is 5.91 Å². The Hall–Kier alpha value is -2.64. The number of thiophene rings is 1. The van der Waals surface area contributed by atoms with E-state index < -0.39 is 0 Å². The second-order valence-electron chi connectivity index (χ2n) is 6.72. The van der Waals surface area contributed by atoms with Gasteiger partial charge in [-0.25, -0.2) is 4.68 Å². The third kappa shape index (κ3) is 3.55. The number of carbonyl (C=O) groups excluding carboxylic acids is 2. The Morgan fingerprint density at radius 2 is 1.89 bits per heavy atom. The van der Waals surface area contributed by atoms with Crippen molar-refractivity contribution in [2.75, 3.05) is 13.1 Å². The Kier molecular flexibility index (Phi) is 5.19. The Morgan fingerprint density at radius 1 is 1.14 bits per heavy atom. The number of amides is 2. The summed E-state index contributed by atoms with van der Waals surface area (Å²) in [6.07, 6.45) is 1.16. The lowest BCUT2D eigenvalue weighted by atomic mass is 9.96. The summed E-state index contributed by atoms with van der Waals surface area (Å²) in [6.45, 7) is 0.989. The Labute approximate surface area is 171 Å². The number of primary amides is 1. The molecule has 6 nitrogen and oxygen atoms in total. The van der Waals surface area contributed by atoms with E-state index in [-0.39, 0.29) is 17.7 Å². The van der Waals surface area contributed by atoms with Gasteiger partial charge >= 0.3 is 0 Å². The normalized spacial score (nSPS) is 15.0. The van der Waals surface area contributed by atoms with Gasteiger partial charge in [-0.1, -0.05) is 29.8 Å². The number of piperidine rings is 1. The number of hydrogen-bond donors (Lipinski definition) is 1. The molecule has 3 heterocycles. The summed E-state index contributed by atoms with van der Waals surface area (Å²) < 4.78 is 1.61. The number of benzene rings is 1. The molecule has 3 aromatic rings. The maximum atomic E-state index is 13.3. The first kappa shape index (κ1) is 18.7. The molecule has 144 valence electrons. The highest BCUT2D eigenvalue weighted by Gasteiger charge is 2.29. The largest absolute Gasteiger partial charge is 0.369 e. The summed E-state index contributed by atoms with van der Waals surface area (Å²) in [6, 6.07) is 13.0. The van der Waals surface area contributed by atoms with Crippen LogP contribution in [0.1, 0.15) is 23.3 Å². The maximum absolute atomic E-state index is 13.3. The molecule has 2 N–H and O–H groups in total. The summed E-state index contributed by atoms with van der Waals surface area (Å²) >= 11 is 7.94. The highest BCUT2D eigenvalue weighted by molar-refractivity contribution is 7.13. The highest BCUT2D eigenvalue weighted by atomic mass is 35.5. The molecule has 0 aliphatic carbocycles. The van der Waals surface area contributed by atoms with Crippen LogP contribution in [0.25, 0.3) is 16.3 Å². The van der Waals surface area contributed by atoms with Crippen molar-refractivity contribution in [3.05, 3.63) is 58.6 Å². The topological polar surface area (TPSA) is 81.2 Å². The molecule has 1 aliphatic heterocycles. The molecule has 0 atom stereocenters. The SMILES string of the molecule is NC(=O)C1CCN(C(=O)c2cc(-c3cccs3)nn2-c2ccccc2Cl)CC1. The average Bonchev–Trinajstić information content (AvgIpc) is 3.38. The molecule has 1 aromatic carbocycles. The Balaban J connectivity index is 1.70. The summed E-state index contributed by atoms with van der Waals surface area (Å²) in [5.41, 5.74) is 7.24. The second kappa shape index (κ2) is 7.77. The van der Waals surface area contributed by atoms with E-state index >= 15 is 0 Å². The molecular formula is C20H19ClN4O2S. The molecule has 0 saturated carbocycles. The standard InChI is InChI=1S/C20H19ClN4O2S/c21-14-4-1-2-5-16(14)25-17(12-15(23-25)18-6-3-11-28-18)20(27)24-9-7-13(8-10-24)19(22)26/h1-6,11-13H,7-10H2,(H2,22,26). The minimum Gasteiger partial charge on any atom is -0.369 e. The molecule has 1 saturated heterocycles. The van der Waals surface area contributed by atoms with Crippen LogP contribution in [0.3, 0.4) is 0 Å². The van der Waals surface area contributed by atoms with Crippen molar-refractivity contribution >= 4 is 34.8 Å². The minimum absolute atomic E-state index is 0.127. The van der Waals surface area contributed by atoms with E-state index in [1.807, 2.05) is 35.7 Å². The quantitative estimate of drug-likeness (QED) is 0.708. The van der Waals surface area contributed by atoms with Crippen LogP contribution in [0.15, 0.2) is 47.8 Å². The molecule has 4 rings (SSSR count). The van der Waals surface area contributed by atoms with E-state index in [9.17, 15) is 9.59 Å². The number of aromatic nitrogens is 2. The summed E-state index contributed by atoms with van der Waals surface area (Å²) in [4.78, 5) is 27.4. The number of carbonyl (C=O) groups is 2. The summed E-state index contributed by atoms with van der Waals surface area (Å²) in [7, 11) is 0. The molecule has 0 radical (unpaired) electrons. The third-order valence-corrected chi connectivity index (χ3v) is 6.18. The average molecular weight is 415 g/mol. The molecule has 2 amide bonds. The van der Waals surface area contributed by atoms with Gasteiger partial charge in [0.15, 0.2) is 0 Å². The lowest BCUT2D eigenvalue weighted by molar-refractivity contribution is -0.123. The smallest absolute Gasteiger partial charge is 0.272 e. The van der Waals surface area contributed by atoms with Gasteiger partial charge in [-0.15, -0.1) is 11.3 Å². The van der Waals surface area contributed by atoms with Crippen LogP contribution >= 0.6 is 22.9 Å². The Morgan fingerprint density at radius 3 is 2.54 bits per heavy atom. The highest BCUT2D eigenvalue weighted by Crippen LogP contribution is 2.29. The lowest BCUT2D eigenvalue weighted by Crippen LogP contribution is -2.42. The maximum Gasteiger partial charge on any atom is 0.272 e. The number of para-hydroxylation sites is 1. The minimum atomic E-state index is -0.298. The Bertz CT molecular complexity index is 1010. The first-order valence-electron chi connectivity index (χ1n) is 9.02. The number of nitrogens with two attached hydrogens (primary N) is 1. The number of likely N-dealkylation sites (tertiary alicyclic amines) is 1. The molecule has 2 aromatic heterocycles. The number of nitrogens with zero attached hydrogens (tertiary/aromatic N) is 3. The van der Waals surface area contributed by atoms with Gasteiger partial charge < -0.3 is 10.6 Å². The van der Waals surface area contributed by atoms with Crippen molar-refractivity contribution in [3.8, 4) is 16.3 Å². The van der Waals surface area contributed by atoms with E-state index in [0.29, 0.717) is 42.3 Å². The zero-order valence-corrected chi connectivity index (χ0v) is 16.6. The van der Waals surface area contributed by atoms with Crippen molar-refractivity contribution in [2.24, 2.45) is 11.7 Å². The van der Waals surface area contributed by atoms with Gasteiger partial charge in [0, 0.05) is 19.0 Å². The van der Waals surface area contributed by atoms with Crippen LogP contribution in [-0.2, 0) is 4.79 Å². The van der Waals surface area contributed by atoms with Crippen LogP contribution in [0, 0.1) is 5.92 Å². The molecule has 8 heteroatoms. The number of halogens is 1. The van der Waals surface area contributed by atoms with Crippen LogP contribution in [0.5, 0.6) is 0 Å². The van der Waals surface area contributed by atoms with E-state index in [1.54, 1.807) is 33.1 Å². The van der Waals surface area contributed by atoms with Gasteiger partial charge in [0.1, 0.15) is 11.4 Å². The van der Waals surface area contributed by atoms with Crippen LogP contribution in [-0.4, -0.2) is 39.6 Å². The van der Waals surface area contributed by atoms with E-state index in [2.05, 4.69) is 5.10 Å². The first-order valence-corrected chi connectivity index (χ1v) is 10.3. The molecule has 0 bridgehead atoms. The fraction of sp³-hybridized carbons (Fsp3) is 0.250. The first-order chi connectivity index (χ1) is 13.5. The third-order valence-electron chi connectivity index (χ3n) is 4.97. The van der Waals surface area contributed by atoms with Gasteiger partial charge in [-0.2, -0.15) is 5.10 Å². The predicted molar refractivity (Wildman–Crippen MR) is 110 cm³/mol. The van der Waals surface area contributed by atoms with Crippen molar-refractivity contribution in [1.82, 2.24) is 14.7 Å². The molecule has 0 spiro atoms. The molecular weight excluding hydrogens is 396 g/mol. The molecule has 1 aliphatic rings. The zero-order chi connectivity index (χ0) is 19.7. The molecule has 28 heavy (non-hydrogen) atoms. The molecule has 1 fully saturated rings. The lowest BCUT2D eigenvalue weighted by Gasteiger charge is -2.30. The summed E-state index contributed by atoms with van der Waals surface area (Å²) in [5, 5.41) is 7.15. The monoisotopic (exact) mass is 414 g/mol. The number of rotatable bonds is 4. The van der Waals surface area contributed by atoms with Crippen molar-refractivity contribution in [1.29, 1.82) is 0 Å². The molecule has 0 unspecified atom stereocenters. The van der Waals surface area contributed by atoms with Crippen molar-refractivity contribution in [2.45, 2.75) is 12.8 Å². The van der Waals surface area contributed by atoms with E-state index in [1.165, 1.54) is 0 Å². The predicted octanol–water partition coefficient (Wildman–Crippen LogP) is 3.59.